The quantitative estimate of drug-likeness (QED) is 0.785. The summed E-state index contributed by atoms with van der Waals surface area (Å²) >= 11 is 7.57. The Kier molecular flexibility index (Phi) is 4.59. The number of aryl methyl sites for hydroxylation is 1. The number of carbonyl (C=O) groups excluding carboxylic acids is 1. The van der Waals surface area contributed by atoms with Crippen LogP contribution in [0.15, 0.2) is 59.2 Å². The molecule has 3 aromatic rings. The monoisotopic (exact) mass is 345 g/mol. The van der Waals surface area contributed by atoms with Crippen LogP contribution < -0.4 is 5.32 Å². The van der Waals surface area contributed by atoms with E-state index in [-0.39, 0.29) is 5.91 Å². The van der Waals surface area contributed by atoms with Gasteiger partial charge in [0.25, 0.3) is 5.91 Å². The zero-order chi connectivity index (χ0) is 16.2. The highest BCUT2D eigenvalue weighted by Gasteiger charge is 2.13. The fourth-order valence-corrected chi connectivity index (χ4v) is 2.82. The van der Waals surface area contributed by atoms with E-state index >= 15 is 0 Å². The summed E-state index contributed by atoms with van der Waals surface area (Å²) in [4.78, 5) is 24.7. The Bertz CT molecular complexity index is 837. The van der Waals surface area contributed by atoms with Crippen LogP contribution >= 0.6 is 23.4 Å². The van der Waals surface area contributed by atoms with Gasteiger partial charge < -0.3 is 9.88 Å². The molecule has 0 aliphatic carbocycles. The summed E-state index contributed by atoms with van der Waals surface area (Å²) in [7, 11) is 1.89. The van der Waals surface area contributed by atoms with Crippen molar-refractivity contribution in [3.05, 3.63) is 59.6 Å². The Morgan fingerprint density at radius 3 is 2.78 bits per heavy atom. The SMILES string of the molecule is Cn1ccnc1Sc1ncc(C(=O)Nc2ccccn2)cc1Cl. The Hall–Kier alpha value is -2.38. The second-order valence-electron chi connectivity index (χ2n) is 4.60. The predicted octanol–water partition coefficient (Wildman–Crippen LogP) is 3.27. The summed E-state index contributed by atoms with van der Waals surface area (Å²) in [5, 5.41) is 4.44. The number of pyridine rings is 2. The highest BCUT2D eigenvalue weighted by molar-refractivity contribution is 7.99. The lowest BCUT2D eigenvalue weighted by Gasteiger charge is -2.07. The van der Waals surface area contributed by atoms with Crippen LogP contribution in [-0.4, -0.2) is 25.4 Å². The van der Waals surface area contributed by atoms with Gasteiger partial charge in [0.2, 0.25) is 0 Å². The van der Waals surface area contributed by atoms with Crippen LogP contribution in [-0.2, 0) is 7.05 Å². The standard InChI is InChI=1S/C15H12ClN5OS/c1-21-7-6-18-15(21)23-14-11(16)8-10(9-19-14)13(22)20-12-4-2-3-5-17-12/h2-9H,1H3,(H,17,20,22). The van der Waals surface area contributed by atoms with Crippen molar-refractivity contribution < 1.29 is 4.79 Å². The van der Waals surface area contributed by atoms with E-state index in [0.29, 0.717) is 21.4 Å². The lowest BCUT2D eigenvalue weighted by molar-refractivity contribution is 0.102. The van der Waals surface area contributed by atoms with E-state index in [0.717, 1.165) is 5.16 Å². The van der Waals surface area contributed by atoms with Crippen LogP contribution in [0.2, 0.25) is 5.02 Å². The number of anilines is 1. The van der Waals surface area contributed by atoms with Gasteiger partial charge in [0.15, 0.2) is 5.16 Å². The van der Waals surface area contributed by atoms with E-state index in [4.69, 9.17) is 11.6 Å². The number of aromatic nitrogens is 4. The average Bonchev–Trinajstić information content (AvgIpc) is 2.95. The van der Waals surface area contributed by atoms with Crippen molar-refractivity contribution in [3.8, 4) is 0 Å². The van der Waals surface area contributed by atoms with Crippen molar-refractivity contribution in [3.63, 3.8) is 0 Å². The highest BCUT2D eigenvalue weighted by Crippen LogP contribution is 2.30. The largest absolute Gasteiger partial charge is 0.329 e. The fraction of sp³-hybridized carbons (Fsp3) is 0.0667. The van der Waals surface area contributed by atoms with Crippen molar-refractivity contribution >= 4 is 35.1 Å². The van der Waals surface area contributed by atoms with Crippen LogP contribution in [0.3, 0.4) is 0 Å². The fourth-order valence-electron chi connectivity index (χ4n) is 1.79. The number of carbonyl (C=O) groups is 1. The molecule has 0 saturated carbocycles. The summed E-state index contributed by atoms with van der Waals surface area (Å²) in [5.41, 5.74) is 0.366. The molecule has 0 spiro atoms. The maximum atomic E-state index is 12.2. The normalized spacial score (nSPS) is 10.5. The van der Waals surface area contributed by atoms with Gasteiger partial charge >= 0.3 is 0 Å². The number of hydrogen-bond donors (Lipinski definition) is 1. The molecule has 0 bridgehead atoms. The van der Waals surface area contributed by atoms with E-state index < -0.39 is 0 Å². The first-order valence-electron chi connectivity index (χ1n) is 6.66. The molecule has 0 atom stereocenters. The van der Waals surface area contributed by atoms with E-state index in [1.54, 1.807) is 36.7 Å². The third-order valence-electron chi connectivity index (χ3n) is 2.94. The Morgan fingerprint density at radius 1 is 1.26 bits per heavy atom. The lowest BCUT2D eigenvalue weighted by Crippen LogP contribution is -2.13. The summed E-state index contributed by atoms with van der Waals surface area (Å²) in [6, 6.07) is 6.86. The van der Waals surface area contributed by atoms with Gasteiger partial charge in [0.1, 0.15) is 10.8 Å². The smallest absolute Gasteiger partial charge is 0.258 e. The first kappa shape index (κ1) is 15.5. The van der Waals surface area contributed by atoms with Gasteiger partial charge in [-0.25, -0.2) is 15.0 Å². The zero-order valence-electron chi connectivity index (χ0n) is 12.1. The van der Waals surface area contributed by atoms with E-state index in [2.05, 4.69) is 20.3 Å². The summed E-state index contributed by atoms with van der Waals surface area (Å²) in [6.07, 6.45) is 6.62. The molecule has 116 valence electrons. The van der Waals surface area contributed by atoms with E-state index in [1.165, 1.54) is 18.0 Å². The second-order valence-corrected chi connectivity index (χ2v) is 5.97. The molecule has 0 aromatic carbocycles. The molecule has 0 fully saturated rings. The van der Waals surface area contributed by atoms with Crippen LogP contribution in [0, 0.1) is 0 Å². The predicted molar refractivity (Wildman–Crippen MR) is 88.8 cm³/mol. The topological polar surface area (TPSA) is 72.7 Å². The van der Waals surface area contributed by atoms with Crippen molar-refractivity contribution in [1.29, 1.82) is 0 Å². The molecule has 0 unspecified atom stereocenters. The minimum Gasteiger partial charge on any atom is -0.329 e. The lowest BCUT2D eigenvalue weighted by atomic mass is 10.2. The highest BCUT2D eigenvalue weighted by atomic mass is 35.5. The van der Waals surface area contributed by atoms with Crippen LogP contribution in [0.5, 0.6) is 0 Å². The third kappa shape index (κ3) is 3.69. The molecule has 0 aliphatic rings. The van der Waals surface area contributed by atoms with Gasteiger partial charge in [0, 0.05) is 31.8 Å². The van der Waals surface area contributed by atoms with Crippen molar-refractivity contribution in [2.24, 2.45) is 7.05 Å². The molecule has 8 heteroatoms. The third-order valence-corrected chi connectivity index (χ3v) is 4.44. The zero-order valence-corrected chi connectivity index (χ0v) is 13.7. The molecule has 1 amide bonds. The number of nitrogens with zero attached hydrogens (tertiary/aromatic N) is 4. The molecular weight excluding hydrogens is 334 g/mol. The second kappa shape index (κ2) is 6.80. The Morgan fingerprint density at radius 2 is 2.13 bits per heavy atom. The molecular formula is C15H12ClN5OS. The van der Waals surface area contributed by atoms with Gasteiger partial charge in [-0.2, -0.15) is 0 Å². The number of nitrogens with one attached hydrogen (secondary N) is 1. The van der Waals surface area contributed by atoms with E-state index in [1.807, 2.05) is 17.8 Å². The van der Waals surface area contributed by atoms with Crippen molar-refractivity contribution in [2.75, 3.05) is 5.32 Å². The molecule has 0 aliphatic heterocycles. The summed E-state index contributed by atoms with van der Waals surface area (Å²) < 4.78 is 1.87. The average molecular weight is 346 g/mol. The first-order valence-corrected chi connectivity index (χ1v) is 7.86. The molecule has 3 heterocycles. The first-order chi connectivity index (χ1) is 11.1. The Balaban J connectivity index is 1.76. The van der Waals surface area contributed by atoms with Gasteiger partial charge in [-0.05, 0) is 30.0 Å². The van der Waals surface area contributed by atoms with Gasteiger partial charge in [0.05, 0.1) is 10.6 Å². The Labute approximate surface area is 141 Å². The van der Waals surface area contributed by atoms with Gasteiger partial charge in [-0.3, -0.25) is 4.79 Å². The maximum Gasteiger partial charge on any atom is 0.258 e. The molecule has 0 radical (unpaired) electrons. The van der Waals surface area contributed by atoms with Crippen molar-refractivity contribution in [1.82, 2.24) is 19.5 Å². The molecule has 6 nitrogen and oxygen atoms in total. The summed E-state index contributed by atoms with van der Waals surface area (Å²) in [6.45, 7) is 0. The molecule has 23 heavy (non-hydrogen) atoms. The molecule has 1 N–H and O–H groups in total. The van der Waals surface area contributed by atoms with Crippen LogP contribution in [0.25, 0.3) is 0 Å². The minimum atomic E-state index is -0.313. The molecule has 3 rings (SSSR count). The van der Waals surface area contributed by atoms with Gasteiger partial charge in [-0.1, -0.05) is 17.7 Å². The van der Waals surface area contributed by atoms with E-state index in [9.17, 15) is 4.79 Å². The maximum absolute atomic E-state index is 12.2. The number of amides is 1. The minimum absolute atomic E-state index is 0.313. The van der Waals surface area contributed by atoms with Crippen LogP contribution in [0.1, 0.15) is 10.4 Å². The summed E-state index contributed by atoms with van der Waals surface area (Å²) in [5.74, 6) is 0.159. The van der Waals surface area contributed by atoms with Crippen molar-refractivity contribution in [2.45, 2.75) is 10.2 Å². The number of hydrogen-bond acceptors (Lipinski definition) is 5. The molecule has 0 saturated heterocycles. The van der Waals surface area contributed by atoms with Gasteiger partial charge in [-0.15, -0.1) is 0 Å². The number of halogens is 1. The van der Waals surface area contributed by atoms with Crippen LogP contribution in [0.4, 0.5) is 5.82 Å². The number of rotatable bonds is 4. The number of imidazole rings is 1. The molecule has 3 aromatic heterocycles.